The van der Waals surface area contributed by atoms with Gasteiger partial charge in [0.05, 0.1) is 33.1 Å². The fourth-order valence-electron chi connectivity index (χ4n) is 15.6. The number of benzene rings is 16. The Morgan fingerprint density at radius 3 is 0.788 bits per heavy atom. The van der Waals surface area contributed by atoms with Crippen molar-refractivity contribution in [2.75, 3.05) is 0 Å². The first kappa shape index (κ1) is 56.3. The van der Waals surface area contributed by atoms with Crippen molar-refractivity contribution in [3.05, 3.63) is 339 Å². The lowest BCUT2D eigenvalue weighted by Gasteiger charge is -2.12. The molecule has 0 fully saturated rings. The van der Waals surface area contributed by atoms with Crippen molar-refractivity contribution < 1.29 is 0 Å². The van der Waals surface area contributed by atoms with Crippen LogP contribution in [0.25, 0.3) is 193 Å². The molecule has 6 heteroatoms. The molecule has 0 aliphatic heterocycles. The van der Waals surface area contributed by atoms with Gasteiger partial charge in [-0.2, -0.15) is 9.97 Å². The first-order valence-electron chi connectivity index (χ1n) is 33.9. The number of fused-ring (bicyclic) bond motifs is 13. The average molecular weight is 1260 g/mol. The molecule has 0 unspecified atom stereocenters. The Bertz CT molecular complexity index is 6100. The summed E-state index contributed by atoms with van der Waals surface area (Å²) in [6.07, 6.45) is 0. The fraction of sp³-hybridized carbons (Fsp3) is 0.0215. The van der Waals surface area contributed by atoms with Gasteiger partial charge in [0.25, 0.3) is 0 Å². The van der Waals surface area contributed by atoms with Gasteiger partial charge in [-0.05, 0) is 223 Å². The van der Waals surface area contributed by atoms with Gasteiger partial charge in [0.2, 0.25) is 5.95 Å². The minimum atomic E-state index is 0.539. The molecule has 0 aliphatic carbocycles. The number of hydrogen-bond acceptors (Lipinski definition) is 3. The monoisotopic (exact) mass is 1260 g/mol. The van der Waals surface area contributed by atoms with E-state index in [4.69, 9.17) is 15.0 Å². The Kier molecular flexibility index (Phi) is 12.7. The van der Waals surface area contributed by atoms with Gasteiger partial charge < -0.3 is 9.13 Å². The first-order valence-corrected chi connectivity index (χ1v) is 33.9. The topological polar surface area (TPSA) is 53.5 Å². The summed E-state index contributed by atoms with van der Waals surface area (Å²) in [5.41, 5.74) is 22.0. The van der Waals surface area contributed by atoms with Crippen LogP contribution in [0.1, 0.15) is 11.1 Å². The van der Waals surface area contributed by atoms with E-state index in [0.29, 0.717) is 17.6 Å². The molecule has 4 heterocycles. The molecule has 4 aromatic heterocycles. The molecular weight excluding hydrogens is 1200 g/mol. The molecule has 99 heavy (non-hydrogen) atoms. The molecule has 0 saturated heterocycles. The highest BCUT2D eigenvalue weighted by molar-refractivity contribution is 6.16. The second-order valence-corrected chi connectivity index (χ2v) is 26.6. The van der Waals surface area contributed by atoms with Gasteiger partial charge in [-0.25, -0.2) is 4.98 Å². The van der Waals surface area contributed by atoms with E-state index in [1.54, 1.807) is 0 Å². The molecule has 462 valence electrons. The van der Waals surface area contributed by atoms with E-state index in [0.717, 1.165) is 77.5 Å². The summed E-state index contributed by atoms with van der Waals surface area (Å²) in [5, 5.41) is 16.6. The van der Waals surface area contributed by atoms with Gasteiger partial charge in [0.1, 0.15) is 0 Å². The summed E-state index contributed by atoms with van der Waals surface area (Å²) in [4.78, 5) is 16.2. The molecule has 0 radical (unpaired) electrons. The van der Waals surface area contributed by atoms with Crippen molar-refractivity contribution in [1.29, 1.82) is 0 Å². The van der Waals surface area contributed by atoms with E-state index < -0.39 is 0 Å². The highest BCUT2D eigenvalue weighted by atomic mass is 15.2. The van der Waals surface area contributed by atoms with E-state index in [-0.39, 0.29) is 0 Å². The highest BCUT2D eigenvalue weighted by Gasteiger charge is 2.24. The molecule has 20 aromatic rings. The zero-order valence-corrected chi connectivity index (χ0v) is 54.4. The molecule has 20 rings (SSSR count). The van der Waals surface area contributed by atoms with Gasteiger partial charge >= 0.3 is 0 Å². The maximum Gasteiger partial charge on any atom is 0.238 e. The van der Waals surface area contributed by atoms with Gasteiger partial charge in [0, 0.05) is 54.8 Å². The average Bonchev–Trinajstić information content (AvgIpc) is 1.57. The van der Waals surface area contributed by atoms with Crippen LogP contribution in [0.15, 0.2) is 328 Å². The number of aryl methyl sites for hydroxylation is 2. The van der Waals surface area contributed by atoms with Crippen LogP contribution in [0.2, 0.25) is 0 Å². The SMILES string of the molecule is Cc1cccc(-c2nc(-c3cccc(C)c3)nc(-n3c4ccc(-n5c6ccc(-c7ccc8ccccc8c7)cc6c6cc(-c7ccc8ccccc8c7)ccc65)cc4c4cc(-n5c6ccc(-c7ccc8ccccc8c7)cc6c6cc(-c7ccc8ccccc8c7)ccc65)ccc43)n2)c1. The smallest absolute Gasteiger partial charge is 0.238 e. The molecule has 0 amide bonds. The Hall–Kier alpha value is -13.0. The van der Waals surface area contributed by atoms with Crippen molar-refractivity contribution >= 4 is 109 Å². The highest BCUT2D eigenvalue weighted by Crippen LogP contribution is 2.44. The lowest BCUT2D eigenvalue weighted by molar-refractivity contribution is 0.952. The molecule has 0 bridgehead atoms. The quantitative estimate of drug-likeness (QED) is 0.145. The Labute approximate surface area is 570 Å². The molecule has 0 aliphatic rings. The Morgan fingerprint density at radius 2 is 0.465 bits per heavy atom. The standard InChI is InChI=1S/C93H60N6/c1-57-13-11-23-75(45-57)91-94-92(76-24-12-14-58(2)46-76)96-93(95-91)99-89-43-37-77(97-85-39-33-71(67-29-25-59-15-3-7-19-63(59)47-67)51-79(85)80-52-72(34-40-86(80)97)68-30-26-60-16-4-8-20-64(60)48-68)55-83(89)84-56-78(38-44-90(84)99)98-87-41-35-73(69-31-27-61-17-5-9-21-65(61)49-69)53-81(87)82-54-74(36-42-88(82)98)70-32-28-62-18-6-10-22-66(62)50-70/h3-56H,1-2H3. The van der Waals surface area contributed by atoms with E-state index in [1.807, 2.05) is 0 Å². The molecule has 0 atom stereocenters. The third-order valence-corrected chi connectivity index (χ3v) is 20.5. The van der Waals surface area contributed by atoms with E-state index in [2.05, 4.69) is 355 Å². The van der Waals surface area contributed by atoms with Crippen LogP contribution < -0.4 is 0 Å². The third kappa shape index (κ3) is 9.44. The van der Waals surface area contributed by atoms with Crippen LogP contribution in [0.5, 0.6) is 0 Å². The lowest BCUT2D eigenvalue weighted by Crippen LogP contribution is -2.06. The predicted octanol–water partition coefficient (Wildman–Crippen LogP) is 24.4. The van der Waals surface area contributed by atoms with Gasteiger partial charge in [-0.3, -0.25) is 4.57 Å². The number of nitrogens with zero attached hydrogens (tertiary/aromatic N) is 6. The molecular formula is C93H60N6. The van der Waals surface area contributed by atoms with Crippen LogP contribution >= 0.6 is 0 Å². The minimum absolute atomic E-state index is 0.539. The van der Waals surface area contributed by atoms with Gasteiger partial charge in [0.15, 0.2) is 11.6 Å². The van der Waals surface area contributed by atoms with Crippen LogP contribution in [0, 0.1) is 13.8 Å². The van der Waals surface area contributed by atoms with Crippen molar-refractivity contribution in [2.24, 2.45) is 0 Å². The first-order chi connectivity index (χ1) is 48.8. The summed E-state index contributed by atoms with van der Waals surface area (Å²) >= 11 is 0. The predicted molar refractivity (Wildman–Crippen MR) is 415 cm³/mol. The number of aromatic nitrogens is 6. The van der Waals surface area contributed by atoms with Crippen molar-refractivity contribution in [2.45, 2.75) is 13.8 Å². The number of hydrogen-bond donors (Lipinski definition) is 0. The fourth-order valence-corrected chi connectivity index (χ4v) is 15.6. The van der Waals surface area contributed by atoms with Crippen LogP contribution in [0.4, 0.5) is 0 Å². The summed E-state index contributed by atoms with van der Waals surface area (Å²) < 4.78 is 7.19. The van der Waals surface area contributed by atoms with Gasteiger partial charge in [-0.1, -0.05) is 217 Å². The lowest BCUT2D eigenvalue weighted by atomic mass is 9.98. The normalized spacial score (nSPS) is 11.9. The second-order valence-electron chi connectivity index (χ2n) is 26.6. The Balaban J connectivity index is 0.834. The largest absolute Gasteiger partial charge is 0.309 e. The van der Waals surface area contributed by atoms with Crippen molar-refractivity contribution in [3.8, 4) is 84.6 Å². The minimum Gasteiger partial charge on any atom is -0.309 e. The summed E-state index contributed by atoms with van der Waals surface area (Å²) in [6, 6.07) is 121. The molecule has 0 saturated carbocycles. The van der Waals surface area contributed by atoms with Crippen LogP contribution in [-0.2, 0) is 0 Å². The molecule has 16 aromatic carbocycles. The van der Waals surface area contributed by atoms with Crippen molar-refractivity contribution in [1.82, 2.24) is 28.7 Å². The van der Waals surface area contributed by atoms with Crippen molar-refractivity contribution in [3.63, 3.8) is 0 Å². The van der Waals surface area contributed by atoms with E-state index in [1.165, 1.54) is 109 Å². The maximum absolute atomic E-state index is 5.47. The number of rotatable bonds is 9. The Morgan fingerprint density at radius 1 is 0.192 bits per heavy atom. The van der Waals surface area contributed by atoms with Gasteiger partial charge in [-0.15, -0.1) is 0 Å². The summed E-state index contributed by atoms with van der Waals surface area (Å²) in [7, 11) is 0. The zero-order valence-electron chi connectivity index (χ0n) is 54.4. The van der Waals surface area contributed by atoms with Crippen LogP contribution in [0.3, 0.4) is 0 Å². The molecule has 6 nitrogen and oxygen atoms in total. The third-order valence-electron chi connectivity index (χ3n) is 20.5. The van der Waals surface area contributed by atoms with E-state index >= 15 is 0 Å². The zero-order chi connectivity index (χ0) is 65.4. The molecule has 0 N–H and O–H groups in total. The maximum atomic E-state index is 5.47. The summed E-state index contributed by atoms with van der Waals surface area (Å²) in [5.74, 6) is 1.75. The van der Waals surface area contributed by atoms with Crippen LogP contribution in [-0.4, -0.2) is 28.7 Å². The van der Waals surface area contributed by atoms with E-state index in [9.17, 15) is 0 Å². The second kappa shape index (κ2) is 22.3. The molecule has 0 spiro atoms. The summed E-state index contributed by atoms with van der Waals surface area (Å²) in [6.45, 7) is 4.23.